The number of nitrogens with zero attached hydrogens (tertiary/aromatic N) is 1. The lowest BCUT2D eigenvalue weighted by Crippen LogP contribution is -2.48. The molecule has 3 heteroatoms. The zero-order chi connectivity index (χ0) is 14.6. The van der Waals surface area contributed by atoms with E-state index < -0.39 is 6.10 Å². The summed E-state index contributed by atoms with van der Waals surface area (Å²) in [6, 6.07) is 4.12. The molecule has 20 heavy (non-hydrogen) atoms. The van der Waals surface area contributed by atoms with Gasteiger partial charge in [0, 0.05) is 25.4 Å². The number of aromatic nitrogens is 1. The maximum Gasteiger partial charge on any atom is 0.0940 e. The molecule has 112 valence electrons. The molecular formula is C17H27NO2. The number of ether oxygens (including phenoxy) is 1. The molecule has 1 unspecified atom stereocenters. The van der Waals surface area contributed by atoms with Crippen LogP contribution in [0.3, 0.4) is 0 Å². The predicted molar refractivity (Wildman–Crippen MR) is 80.7 cm³/mol. The van der Waals surface area contributed by atoms with Crippen LogP contribution in [0.1, 0.15) is 50.8 Å². The van der Waals surface area contributed by atoms with E-state index in [4.69, 9.17) is 4.74 Å². The maximum absolute atomic E-state index is 10.6. The van der Waals surface area contributed by atoms with E-state index in [0.717, 1.165) is 43.7 Å². The van der Waals surface area contributed by atoms with Crippen molar-refractivity contribution < 1.29 is 9.84 Å². The largest absolute Gasteiger partial charge is 0.390 e. The number of pyridine rings is 1. The first kappa shape index (κ1) is 15.5. The average Bonchev–Trinajstić information content (AvgIpc) is 2.49. The van der Waals surface area contributed by atoms with Crippen molar-refractivity contribution in [1.82, 2.24) is 4.98 Å². The van der Waals surface area contributed by atoms with E-state index in [1.54, 1.807) is 7.11 Å². The first-order chi connectivity index (χ1) is 9.59. The second-order valence-corrected chi connectivity index (χ2v) is 6.18. The van der Waals surface area contributed by atoms with Crippen molar-refractivity contribution in [3.05, 3.63) is 29.6 Å². The Morgan fingerprint density at radius 1 is 1.40 bits per heavy atom. The molecule has 0 aromatic carbocycles. The molecule has 1 fully saturated rings. The molecule has 1 heterocycles. The zero-order valence-electron chi connectivity index (χ0n) is 12.9. The van der Waals surface area contributed by atoms with Crippen molar-refractivity contribution in [3.8, 4) is 0 Å². The van der Waals surface area contributed by atoms with Gasteiger partial charge in [0.25, 0.3) is 0 Å². The number of hydrogen-bond acceptors (Lipinski definition) is 3. The van der Waals surface area contributed by atoms with E-state index in [9.17, 15) is 5.11 Å². The highest BCUT2D eigenvalue weighted by Gasteiger charge is 2.40. The molecule has 1 saturated carbocycles. The Morgan fingerprint density at radius 2 is 2.10 bits per heavy atom. The molecule has 1 aromatic heterocycles. The van der Waals surface area contributed by atoms with Gasteiger partial charge in [-0.1, -0.05) is 19.9 Å². The van der Waals surface area contributed by atoms with E-state index in [1.807, 2.05) is 12.3 Å². The Bertz CT molecular complexity index is 408. The van der Waals surface area contributed by atoms with E-state index in [1.165, 1.54) is 5.56 Å². The van der Waals surface area contributed by atoms with Crippen LogP contribution < -0.4 is 0 Å². The molecule has 0 bridgehead atoms. The summed E-state index contributed by atoms with van der Waals surface area (Å²) in [4.78, 5) is 4.45. The lowest BCUT2D eigenvalue weighted by Gasteiger charge is -2.41. The van der Waals surface area contributed by atoms with Crippen LogP contribution >= 0.6 is 0 Å². The minimum atomic E-state index is -0.472. The van der Waals surface area contributed by atoms with Gasteiger partial charge in [-0.2, -0.15) is 0 Å². The van der Waals surface area contributed by atoms with Gasteiger partial charge in [-0.3, -0.25) is 4.98 Å². The number of aryl methyl sites for hydroxylation is 1. The fraction of sp³-hybridized carbons (Fsp3) is 0.706. The molecule has 1 aromatic rings. The molecule has 0 radical (unpaired) electrons. The summed E-state index contributed by atoms with van der Waals surface area (Å²) in [5.74, 6) is 0.743. The standard InChI is InChI=1S/C17H27NO2/c1-4-14-5-6-15(18-12-14)11-16(19)17(20-3)9-7-13(2)8-10-17/h5-6,12-13,16,19H,4,7-11H2,1-3H3. The van der Waals surface area contributed by atoms with Gasteiger partial charge in [0.1, 0.15) is 0 Å². The molecule has 1 aliphatic rings. The number of hydrogen-bond donors (Lipinski definition) is 1. The van der Waals surface area contributed by atoms with Crippen LogP contribution in [0.5, 0.6) is 0 Å². The second kappa shape index (κ2) is 6.68. The van der Waals surface area contributed by atoms with Gasteiger partial charge in [0.2, 0.25) is 0 Å². The van der Waals surface area contributed by atoms with Crippen molar-refractivity contribution in [2.75, 3.05) is 7.11 Å². The number of aliphatic hydroxyl groups excluding tert-OH is 1. The fourth-order valence-electron chi connectivity index (χ4n) is 3.09. The second-order valence-electron chi connectivity index (χ2n) is 6.18. The summed E-state index contributed by atoms with van der Waals surface area (Å²) >= 11 is 0. The van der Waals surface area contributed by atoms with Crippen molar-refractivity contribution in [2.45, 2.75) is 64.1 Å². The van der Waals surface area contributed by atoms with Gasteiger partial charge in [-0.05, 0) is 49.7 Å². The Labute approximate surface area is 122 Å². The Morgan fingerprint density at radius 3 is 2.60 bits per heavy atom. The van der Waals surface area contributed by atoms with Gasteiger partial charge >= 0.3 is 0 Å². The molecule has 1 N–H and O–H groups in total. The molecule has 2 rings (SSSR count). The lowest BCUT2D eigenvalue weighted by atomic mass is 9.75. The van der Waals surface area contributed by atoms with E-state index in [-0.39, 0.29) is 5.60 Å². The number of aliphatic hydroxyl groups is 1. The van der Waals surface area contributed by atoms with Crippen LogP contribution in [-0.2, 0) is 17.6 Å². The Kier molecular flexibility index (Phi) is 5.17. The Balaban J connectivity index is 2.03. The highest BCUT2D eigenvalue weighted by Crippen LogP contribution is 2.37. The summed E-state index contributed by atoms with van der Waals surface area (Å²) in [5, 5.41) is 10.6. The van der Waals surface area contributed by atoms with Gasteiger partial charge in [-0.15, -0.1) is 0 Å². The first-order valence-corrected chi connectivity index (χ1v) is 7.76. The van der Waals surface area contributed by atoms with Crippen LogP contribution in [0.4, 0.5) is 0 Å². The molecule has 0 amide bonds. The van der Waals surface area contributed by atoms with Gasteiger partial charge in [-0.25, -0.2) is 0 Å². The molecule has 0 aliphatic heterocycles. The highest BCUT2D eigenvalue weighted by atomic mass is 16.5. The summed E-state index contributed by atoms with van der Waals surface area (Å²) in [7, 11) is 1.73. The predicted octanol–water partition coefficient (Wildman–Crippen LogP) is 3.14. The fourth-order valence-corrected chi connectivity index (χ4v) is 3.09. The van der Waals surface area contributed by atoms with Gasteiger partial charge in [0.05, 0.1) is 11.7 Å². The van der Waals surface area contributed by atoms with Crippen molar-refractivity contribution in [1.29, 1.82) is 0 Å². The van der Waals surface area contributed by atoms with E-state index >= 15 is 0 Å². The maximum atomic E-state index is 10.6. The third kappa shape index (κ3) is 3.39. The highest BCUT2D eigenvalue weighted by molar-refractivity contribution is 5.15. The molecule has 3 nitrogen and oxygen atoms in total. The first-order valence-electron chi connectivity index (χ1n) is 7.76. The van der Waals surface area contributed by atoms with E-state index in [0.29, 0.717) is 6.42 Å². The summed E-state index contributed by atoms with van der Waals surface area (Å²) < 4.78 is 5.73. The number of methoxy groups -OCH3 is 1. The van der Waals surface area contributed by atoms with E-state index in [2.05, 4.69) is 24.9 Å². The summed E-state index contributed by atoms with van der Waals surface area (Å²) in [5.41, 5.74) is 1.80. The number of rotatable bonds is 5. The van der Waals surface area contributed by atoms with Gasteiger partial charge in [0.15, 0.2) is 0 Å². The monoisotopic (exact) mass is 277 g/mol. The van der Waals surface area contributed by atoms with Crippen molar-refractivity contribution in [2.24, 2.45) is 5.92 Å². The summed E-state index contributed by atoms with van der Waals surface area (Å²) in [6.45, 7) is 4.39. The molecule has 0 spiro atoms. The van der Waals surface area contributed by atoms with Gasteiger partial charge < -0.3 is 9.84 Å². The normalized spacial score (nSPS) is 28.3. The third-order valence-corrected chi connectivity index (χ3v) is 4.83. The smallest absolute Gasteiger partial charge is 0.0940 e. The van der Waals surface area contributed by atoms with Crippen molar-refractivity contribution in [3.63, 3.8) is 0 Å². The minimum absolute atomic E-state index is 0.377. The van der Waals surface area contributed by atoms with Crippen LogP contribution in [0.2, 0.25) is 0 Å². The molecule has 1 atom stereocenters. The van der Waals surface area contributed by atoms with Crippen LogP contribution in [0.15, 0.2) is 18.3 Å². The topological polar surface area (TPSA) is 42.4 Å². The van der Waals surface area contributed by atoms with Crippen molar-refractivity contribution >= 4 is 0 Å². The summed E-state index contributed by atoms with van der Waals surface area (Å²) in [6.07, 6.45) is 7.16. The lowest BCUT2D eigenvalue weighted by molar-refractivity contribution is -0.127. The SMILES string of the molecule is CCc1ccc(CC(O)C2(OC)CCC(C)CC2)nc1. The molecule has 0 saturated heterocycles. The Hall–Kier alpha value is -0.930. The third-order valence-electron chi connectivity index (χ3n) is 4.83. The zero-order valence-corrected chi connectivity index (χ0v) is 12.9. The van der Waals surface area contributed by atoms with Crippen LogP contribution in [0.25, 0.3) is 0 Å². The quantitative estimate of drug-likeness (QED) is 0.899. The van der Waals surface area contributed by atoms with Crippen LogP contribution in [-0.4, -0.2) is 28.9 Å². The molecular weight excluding hydrogens is 250 g/mol. The average molecular weight is 277 g/mol. The van der Waals surface area contributed by atoms with Crippen LogP contribution in [0, 0.1) is 5.92 Å². The minimum Gasteiger partial charge on any atom is -0.390 e. The molecule has 1 aliphatic carbocycles.